The van der Waals surface area contributed by atoms with Crippen LogP contribution < -0.4 is 10.6 Å². The van der Waals surface area contributed by atoms with Gasteiger partial charge in [0.15, 0.2) is 0 Å². The molecule has 1 amide bonds. The lowest BCUT2D eigenvalue weighted by Gasteiger charge is -2.21. The van der Waals surface area contributed by atoms with Crippen LogP contribution in [0.1, 0.15) is 18.7 Å². The minimum absolute atomic E-state index is 0.0859. The predicted octanol–water partition coefficient (Wildman–Crippen LogP) is 0.802. The summed E-state index contributed by atoms with van der Waals surface area (Å²) in [5.41, 5.74) is 0. The van der Waals surface area contributed by atoms with Crippen LogP contribution in [-0.2, 0) is 4.79 Å². The third-order valence-electron chi connectivity index (χ3n) is 2.51. The van der Waals surface area contributed by atoms with Gasteiger partial charge in [0.2, 0.25) is 11.8 Å². The molecule has 0 aliphatic carbocycles. The lowest BCUT2D eigenvalue weighted by Crippen LogP contribution is -2.30. The van der Waals surface area contributed by atoms with Crippen molar-refractivity contribution in [3.05, 3.63) is 5.89 Å². The van der Waals surface area contributed by atoms with E-state index in [0.717, 1.165) is 25.9 Å². The van der Waals surface area contributed by atoms with Gasteiger partial charge in [-0.25, -0.2) is 0 Å². The van der Waals surface area contributed by atoms with E-state index in [2.05, 4.69) is 20.8 Å². The van der Waals surface area contributed by atoms with Crippen LogP contribution in [0.15, 0.2) is 4.42 Å². The van der Waals surface area contributed by atoms with E-state index in [1.54, 1.807) is 18.7 Å². The summed E-state index contributed by atoms with van der Waals surface area (Å²) < 4.78 is 5.07. The second-order valence-electron chi connectivity index (χ2n) is 3.93. The molecular weight excluding hydrogens is 240 g/mol. The number of nitrogens with zero attached hydrogens (tertiary/aromatic N) is 2. The molecule has 0 atom stereocenters. The van der Waals surface area contributed by atoms with Crippen LogP contribution in [0.25, 0.3) is 0 Å². The SMILES string of the molecule is Cc1nnc(NC(=O)CSC2CCNCC2)o1. The zero-order valence-corrected chi connectivity index (χ0v) is 10.5. The van der Waals surface area contributed by atoms with Crippen molar-refractivity contribution in [2.75, 3.05) is 24.2 Å². The lowest BCUT2D eigenvalue weighted by molar-refractivity contribution is -0.113. The molecule has 0 bridgehead atoms. The molecular formula is C10H16N4O2S. The fraction of sp³-hybridized carbons (Fsp3) is 0.700. The monoisotopic (exact) mass is 256 g/mol. The van der Waals surface area contributed by atoms with Crippen molar-refractivity contribution in [3.8, 4) is 0 Å². The van der Waals surface area contributed by atoms with E-state index < -0.39 is 0 Å². The average Bonchev–Trinajstić information content (AvgIpc) is 2.73. The van der Waals surface area contributed by atoms with Crippen molar-refractivity contribution in [2.24, 2.45) is 0 Å². The van der Waals surface area contributed by atoms with Crippen molar-refractivity contribution in [1.29, 1.82) is 0 Å². The van der Waals surface area contributed by atoms with Crippen LogP contribution in [0.5, 0.6) is 0 Å². The van der Waals surface area contributed by atoms with E-state index >= 15 is 0 Å². The summed E-state index contributed by atoms with van der Waals surface area (Å²) in [6.45, 7) is 3.77. The van der Waals surface area contributed by atoms with Gasteiger partial charge in [-0.2, -0.15) is 0 Å². The van der Waals surface area contributed by atoms with Gasteiger partial charge >= 0.3 is 6.01 Å². The Morgan fingerprint density at radius 1 is 1.53 bits per heavy atom. The van der Waals surface area contributed by atoms with Crippen molar-refractivity contribution in [3.63, 3.8) is 0 Å². The molecule has 17 heavy (non-hydrogen) atoms. The fourth-order valence-corrected chi connectivity index (χ4v) is 2.69. The van der Waals surface area contributed by atoms with E-state index in [-0.39, 0.29) is 11.9 Å². The number of hydrogen-bond donors (Lipinski definition) is 2. The van der Waals surface area contributed by atoms with Crippen LogP contribution in [0.3, 0.4) is 0 Å². The number of carbonyl (C=O) groups excluding carboxylic acids is 1. The standard InChI is InChI=1S/C10H16N4O2S/c1-7-13-14-10(16-7)12-9(15)6-17-8-2-4-11-5-3-8/h8,11H,2-6H2,1H3,(H,12,14,15). The molecule has 1 saturated heterocycles. The number of anilines is 1. The lowest BCUT2D eigenvalue weighted by atomic mass is 10.2. The smallest absolute Gasteiger partial charge is 0.322 e. The van der Waals surface area contributed by atoms with E-state index in [0.29, 0.717) is 16.9 Å². The van der Waals surface area contributed by atoms with Crippen molar-refractivity contribution >= 4 is 23.7 Å². The Labute approximate surface area is 104 Å². The molecule has 94 valence electrons. The number of nitrogens with one attached hydrogen (secondary N) is 2. The van der Waals surface area contributed by atoms with E-state index in [9.17, 15) is 4.79 Å². The van der Waals surface area contributed by atoms with E-state index in [1.165, 1.54) is 0 Å². The van der Waals surface area contributed by atoms with Crippen molar-refractivity contribution < 1.29 is 9.21 Å². The molecule has 2 rings (SSSR count). The number of aryl methyl sites for hydroxylation is 1. The zero-order valence-electron chi connectivity index (χ0n) is 9.73. The van der Waals surface area contributed by atoms with Gasteiger partial charge in [0.1, 0.15) is 0 Å². The Morgan fingerprint density at radius 3 is 2.94 bits per heavy atom. The Morgan fingerprint density at radius 2 is 2.29 bits per heavy atom. The molecule has 1 aromatic heterocycles. The molecule has 1 fully saturated rings. The largest absolute Gasteiger partial charge is 0.408 e. The summed E-state index contributed by atoms with van der Waals surface area (Å²) >= 11 is 1.69. The van der Waals surface area contributed by atoms with Crippen LogP contribution in [0.4, 0.5) is 6.01 Å². The summed E-state index contributed by atoms with van der Waals surface area (Å²) in [5.74, 6) is 0.801. The Kier molecular flexibility index (Phi) is 4.38. The number of rotatable bonds is 4. The third kappa shape index (κ3) is 4.01. The van der Waals surface area contributed by atoms with E-state index in [1.807, 2.05) is 0 Å². The van der Waals surface area contributed by atoms with Crippen LogP contribution >= 0.6 is 11.8 Å². The second kappa shape index (κ2) is 6.02. The number of carbonyl (C=O) groups is 1. The summed E-state index contributed by atoms with van der Waals surface area (Å²) in [7, 11) is 0. The molecule has 0 aromatic carbocycles. The minimum atomic E-state index is -0.0859. The molecule has 0 unspecified atom stereocenters. The van der Waals surface area contributed by atoms with Gasteiger partial charge in [0, 0.05) is 12.2 Å². The first-order valence-corrected chi connectivity index (χ1v) is 6.71. The first-order valence-electron chi connectivity index (χ1n) is 5.66. The molecule has 2 N–H and O–H groups in total. The van der Waals surface area contributed by atoms with Crippen LogP contribution in [0, 0.1) is 6.92 Å². The number of hydrogen-bond acceptors (Lipinski definition) is 6. The van der Waals surface area contributed by atoms with Crippen LogP contribution in [0.2, 0.25) is 0 Å². The molecule has 0 radical (unpaired) electrons. The molecule has 1 aliphatic rings. The number of thioether (sulfide) groups is 1. The highest BCUT2D eigenvalue weighted by molar-refractivity contribution is 8.00. The molecule has 1 aliphatic heterocycles. The van der Waals surface area contributed by atoms with Gasteiger partial charge in [-0.05, 0) is 25.9 Å². The van der Waals surface area contributed by atoms with Crippen LogP contribution in [-0.4, -0.2) is 40.2 Å². The zero-order chi connectivity index (χ0) is 12.1. The van der Waals surface area contributed by atoms with Gasteiger partial charge in [-0.15, -0.1) is 16.9 Å². The fourth-order valence-electron chi connectivity index (χ4n) is 1.66. The van der Waals surface area contributed by atoms with Crippen molar-refractivity contribution in [2.45, 2.75) is 25.0 Å². The van der Waals surface area contributed by atoms with E-state index in [4.69, 9.17) is 4.42 Å². The molecule has 1 aromatic rings. The first kappa shape index (κ1) is 12.4. The van der Waals surface area contributed by atoms with Gasteiger partial charge in [0.25, 0.3) is 0 Å². The third-order valence-corrected chi connectivity index (χ3v) is 3.88. The quantitative estimate of drug-likeness (QED) is 0.829. The molecule has 2 heterocycles. The Hall–Kier alpha value is -1.08. The maximum absolute atomic E-state index is 11.6. The van der Waals surface area contributed by atoms with Gasteiger partial charge in [-0.3, -0.25) is 10.1 Å². The number of piperidine rings is 1. The summed E-state index contributed by atoms with van der Waals surface area (Å²) in [6, 6.07) is 0.179. The van der Waals surface area contributed by atoms with Gasteiger partial charge in [-0.1, -0.05) is 5.10 Å². The maximum atomic E-state index is 11.6. The normalized spacial score (nSPS) is 17.0. The summed E-state index contributed by atoms with van der Waals surface area (Å²) in [6.07, 6.45) is 2.25. The van der Waals surface area contributed by atoms with Crippen molar-refractivity contribution in [1.82, 2.24) is 15.5 Å². The average molecular weight is 256 g/mol. The van der Waals surface area contributed by atoms with Gasteiger partial charge in [0.05, 0.1) is 5.75 Å². The molecule has 6 nitrogen and oxygen atoms in total. The Bertz CT molecular complexity index is 376. The summed E-state index contributed by atoms with van der Waals surface area (Å²) in [5, 5.41) is 13.8. The highest BCUT2D eigenvalue weighted by Crippen LogP contribution is 2.20. The highest BCUT2D eigenvalue weighted by atomic mass is 32.2. The summed E-state index contributed by atoms with van der Waals surface area (Å²) in [4.78, 5) is 11.6. The molecule has 0 saturated carbocycles. The topological polar surface area (TPSA) is 80.0 Å². The molecule has 0 spiro atoms. The maximum Gasteiger partial charge on any atom is 0.322 e. The first-order chi connectivity index (χ1) is 8.24. The Balaban J connectivity index is 1.70. The second-order valence-corrected chi connectivity index (χ2v) is 5.22. The van der Waals surface area contributed by atoms with Gasteiger partial charge < -0.3 is 9.73 Å². The number of aromatic nitrogens is 2. The highest BCUT2D eigenvalue weighted by Gasteiger charge is 2.15. The number of amides is 1. The minimum Gasteiger partial charge on any atom is -0.408 e. The predicted molar refractivity (Wildman–Crippen MR) is 66.0 cm³/mol. The molecule has 7 heteroatoms.